The Morgan fingerprint density at radius 2 is 1.67 bits per heavy atom. The quantitative estimate of drug-likeness (QED) is 0.774. The summed E-state index contributed by atoms with van der Waals surface area (Å²) in [7, 11) is 0. The van der Waals surface area contributed by atoms with Crippen molar-refractivity contribution in [2.75, 3.05) is 17.2 Å². The van der Waals surface area contributed by atoms with Crippen LogP contribution in [0.3, 0.4) is 0 Å². The van der Waals surface area contributed by atoms with E-state index in [4.69, 9.17) is 5.73 Å². The van der Waals surface area contributed by atoms with Gasteiger partial charge in [0, 0.05) is 18.0 Å². The molecular formula is C20H29N3O. The van der Waals surface area contributed by atoms with Gasteiger partial charge in [0.15, 0.2) is 0 Å². The minimum absolute atomic E-state index is 0.00254. The van der Waals surface area contributed by atoms with Crippen LogP contribution in [0.1, 0.15) is 45.4 Å². The number of nitrogens with two attached hydrogens (primary N) is 1. The van der Waals surface area contributed by atoms with E-state index in [-0.39, 0.29) is 17.4 Å². The van der Waals surface area contributed by atoms with Crippen LogP contribution in [0.4, 0.5) is 11.4 Å². The lowest BCUT2D eigenvalue weighted by Gasteiger charge is -2.57. The van der Waals surface area contributed by atoms with Gasteiger partial charge >= 0.3 is 0 Å². The van der Waals surface area contributed by atoms with Crippen molar-refractivity contribution < 1.29 is 4.79 Å². The van der Waals surface area contributed by atoms with Gasteiger partial charge in [-0.3, -0.25) is 4.79 Å². The number of para-hydroxylation sites is 2. The summed E-state index contributed by atoms with van der Waals surface area (Å²) in [6, 6.07) is 8.11. The van der Waals surface area contributed by atoms with Crippen LogP contribution in [-0.4, -0.2) is 18.0 Å². The number of anilines is 2. The molecule has 4 fully saturated rings. The van der Waals surface area contributed by atoms with Crippen molar-refractivity contribution in [1.29, 1.82) is 0 Å². The second-order valence-corrected chi connectivity index (χ2v) is 8.49. The molecule has 1 aromatic carbocycles. The standard InChI is InChI=1S/C20H29N3O/c1-13(12-21)19(24)22-17-4-2-3-5-18(17)23-20-9-14-6-15(10-20)8-16(7-14)11-20/h2-5,13-16,23H,6-12,21H2,1H3,(H,22,24). The number of hydrogen-bond donors (Lipinski definition) is 3. The number of benzene rings is 1. The predicted octanol–water partition coefficient (Wildman–Crippen LogP) is 3.60. The van der Waals surface area contributed by atoms with Gasteiger partial charge in [0.25, 0.3) is 0 Å². The fraction of sp³-hybridized carbons (Fsp3) is 0.650. The molecule has 0 aliphatic heterocycles. The Hall–Kier alpha value is -1.55. The number of carbonyl (C=O) groups is 1. The largest absolute Gasteiger partial charge is 0.378 e. The monoisotopic (exact) mass is 327 g/mol. The molecule has 0 heterocycles. The van der Waals surface area contributed by atoms with Gasteiger partial charge < -0.3 is 16.4 Å². The number of carbonyl (C=O) groups excluding carboxylic acids is 1. The van der Waals surface area contributed by atoms with E-state index in [1.54, 1.807) is 0 Å². The molecule has 130 valence electrons. The third kappa shape index (κ3) is 2.92. The maximum atomic E-state index is 12.2. The van der Waals surface area contributed by atoms with Gasteiger partial charge in [0.05, 0.1) is 11.4 Å². The highest BCUT2D eigenvalue weighted by molar-refractivity contribution is 5.95. The lowest BCUT2D eigenvalue weighted by molar-refractivity contribution is -0.119. The Morgan fingerprint density at radius 3 is 2.21 bits per heavy atom. The van der Waals surface area contributed by atoms with Crippen LogP contribution in [0.25, 0.3) is 0 Å². The van der Waals surface area contributed by atoms with E-state index >= 15 is 0 Å². The Kier molecular flexibility index (Phi) is 4.03. The molecule has 0 radical (unpaired) electrons. The van der Waals surface area contributed by atoms with Crippen LogP contribution < -0.4 is 16.4 Å². The van der Waals surface area contributed by atoms with Crippen molar-refractivity contribution in [2.45, 2.75) is 51.0 Å². The summed E-state index contributed by atoms with van der Waals surface area (Å²) in [5.41, 5.74) is 7.82. The summed E-state index contributed by atoms with van der Waals surface area (Å²) in [6.07, 6.45) is 8.19. The third-order valence-corrected chi connectivity index (χ3v) is 6.42. The molecule has 4 heteroatoms. The molecule has 4 bridgehead atoms. The molecule has 5 rings (SSSR count). The molecule has 0 saturated heterocycles. The zero-order valence-electron chi connectivity index (χ0n) is 14.6. The van der Waals surface area contributed by atoms with E-state index in [0.29, 0.717) is 6.54 Å². The fourth-order valence-electron chi connectivity index (χ4n) is 5.61. The second-order valence-electron chi connectivity index (χ2n) is 8.49. The van der Waals surface area contributed by atoms with Crippen LogP contribution in [0, 0.1) is 23.7 Å². The van der Waals surface area contributed by atoms with E-state index in [1.807, 2.05) is 25.1 Å². The topological polar surface area (TPSA) is 67.2 Å². The highest BCUT2D eigenvalue weighted by Gasteiger charge is 2.51. The van der Waals surface area contributed by atoms with Gasteiger partial charge in [0.1, 0.15) is 0 Å². The minimum atomic E-state index is -0.169. The zero-order chi connectivity index (χ0) is 16.7. The Balaban J connectivity index is 1.54. The zero-order valence-corrected chi connectivity index (χ0v) is 14.6. The maximum absolute atomic E-state index is 12.2. The van der Waals surface area contributed by atoms with E-state index in [0.717, 1.165) is 29.1 Å². The predicted molar refractivity (Wildman–Crippen MR) is 97.8 cm³/mol. The van der Waals surface area contributed by atoms with E-state index < -0.39 is 0 Å². The molecule has 4 N–H and O–H groups in total. The molecule has 24 heavy (non-hydrogen) atoms. The van der Waals surface area contributed by atoms with Gasteiger partial charge in [0.2, 0.25) is 5.91 Å². The molecule has 1 amide bonds. The van der Waals surface area contributed by atoms with Crippen molar-refractivity contribution in [2.24, 2.45) is 29.4 Å². The second kappa shape index (κ2) is 6.07. The molecule has 0 spiro atoms. The maximum Gasteiger partial charge on any atom is 0.228 e. The van der Waals surface area contributed by atoms with Gasteiger partial charge in [-0.2, -0.15) is 0 Å². The van der Waals surface area contributed by atoms with Crippen LogP contribution in [0.2, 0.25) is 0 Å². The van der Waals surface area contributed by atoms with Crippen molar-refractivity contribution in [3.63, 3.8) is 0 Å². The summed E-state index contributed by atoms with van der Waals surface area (Å²) in [5.74, 6) is 2.54. The summed E-state index contributed by atoms with van der Waals surface area (Å²) < 4.78 is 0. The first-order valence-corrected chi connectivity index (χ1v) is 9.45. The molecule has 4 aliphatic rings. The van der Waals surface area contributed by atoms with Crippen LogP contribution in [-0.2, 0) is 4.79 Å². The Morgan fingerprint density at radius 1 is 1.12 bits per heavy atom. The summed E-state index contributed by atoms with van der Waals surface area (Å²) in [4.78, 5) is 12.2. The molecule has 1 unspecified atom stereocenters. The van der Waals surface area contributed by atoms with Crippen molar-refractivity contribution >= 4 is 17.3 Å². The first-order valence-electron chi connectivity index (χ1n) is 9.45. The SMILES string of the molecule is CC(CN)C(=O)Nc1ccccc1NC12CC3CC(CC(C3)C1)C2. The first-order chi connectivity index (χ1) is 11.6. The number of rotatable bonds is 5. The number of amides is 1. The Labute approximate surface area is 144 Å². The van der Waals surface area contributed by atoms with Gasteiger partial charge in [-0.05, 0) is 68.4 Å². The average molecular weight is 327 g/mol. The molecular weight excluding hydrogens is 298 g/mol. The lowest BCUT2D eigenvalue weighted by Crippen LogP contribution is -2.54. The van der Waals surface area contributed by atoms with Crippen LogP contribution in [0.15, 0.2) is 24.3 Å². The summed E-state index contributed by atoms with van der Waals surface area (Å²) >= 11 is 0. The van der Waals surface area contributed by atoms with E-state index in [9.17, 15) is 4.79 Å². The number of hydrogen-bond acceptors (Lipinski definition) is 3. The summed E-state index contributed by atoms with van der Waals surface area (Å²) in [6.45, 7) is 2.24. The summed E-state index contributed by atoms with van der Waals surface area (Å²) in [5, 5.41) is 6.93. The first kappa shape index (κ1) is 15.9. The minimum Gasteiger partial charge on any atom is -0.378 e. The lowest BCUT2D eigenvalue weighted by atomic mass is 9.53. The van der Waals surface area contributed by atoms with Gasteiger partial charge in [-0.15, -0.1) is 0 Å². The van der Waals surface area contributed by atoms with Crippen LogP contribution in [0.5, 0.6) is 0 Å². The van der Waals surface area contributed by atoms with Crippen molar-refractivity contribution in [3.8, 4) is 0 Å². The Bertz CT molecular complexity index is 592. The van der Waals surface area contributed by atoms with Gasteiger partial charge in [-0.1, -0.05) is 19.1 Å². The van der Waals surface area contributed by atoms with Gasteiger partial charge in [-0.25, -0.2) is 0 Å². The molecule has 1 aromatic rings. The highest BCUT2D eigenvalue weighted by Crippen LogP contribution is 2.56. The molecule has 0 aromatic heterocycles. The molecule has 4 aliphatic carbocycles. The normalized spacial score (nSPS) is 34.8. The third-order valence-electron chi connectivity index (χ3n) is 6.42. The van der Waals surface area contributed by atoms with E-state index in [2.05, 4.69) is 16.7 Å². The molecule has 4 saturated carbocycles. The average Bonchev–Trinajstić information content (AvgIpc) is 2.54. The molecule has 4 nitrogen and oxygen atoms in total. The smallest absolute Gasteiger partial charge is 0.228 e. The highest BCUT2D eigenvalue weighted by atomic mass is 16.1. The van der Waals surface area contributed by atoms with E-state index in [1.165, 1.54) is 38.5 Å². The molecule has 1 atom stereocenters. The van der Waals surface area contributed by atoms with Crippen LogP contribution >= 0.6 is 0 Å². The van der Waals surface area contributed by atoms with Crippen molar-refractivity contribution in [1.82, 2.24) is 0 Å². The number of nitrogens with one attached hydrogen (secondary N) is 2. The fourth-order valence-corrected chi connectivity index (χ4v) is 5.61. The van der Waals surface area contributed by atoms with Crippen molar-refractivity contribution in [3.05, 3.63) is 24.3 Å².